The van der Waals surface area contributed by atoms with E-state index >= 15 is 0 Å². The van der Waals surface area contributed by atoms with E-state index in [2.05, 4.69) is 34.5 Å². The number of nitrogens with two attached hydrogens (primary N) is 1. The zero-order valence-electron chi connectivity index (χ0n) is 12.1. The van der Waals surface area contributed by atoms with Crippen LogP contribution in [0.25, 0.3) is 0 Å². The average molecular weight is 275 g/mol. The molecule has 110 valence electrons. The van der Waals surface area contributed by atoms with Crippen LogP contribution >= 0.6 is 0 Å². The van der Waals surface area contributed by atoms with E-state index in [1.807, 2.05) is 6.07 Å². The molecule has 0 unspecified atom stereocenters. The van der Waals surface area contributed by atoms with Crippen molar-refractivity contribution < 1.29 is 4.79 Å². The predicted molar refractivity (Wildman–Crippen MR) is 81.4 cm³/mol. The summed E-state index contributed by atoms with van der Waals surface area (Å²) in [6.45, 7) is 3.15. The minimum atomic E-state index is 0.133. The number of carbonyl (C=O) groups is 1. The standard InChI is InChI=1S/C16H25N3O/c17-15-8-11-19(12-9-15)13-16(20)18-10-4-7-14-5-2-1-3-6-14/h1-3,5-6,15H,4,7-13,17H2,(H,18,20). The number of aryl methyl sites for hydroxylation is 1. The lowest BCUT2D eigenvalue weighted by molar-refractivity contribution is -0.122. The molecule has 4 nitrogen and oxygen atoms in total. The van der Waals surface area contributed by atoms with E-state index in [1.54, 1.807) is 0 Å². The van der Waals surface area contributed by atoms with Gasteiger partial charge in [0.2, 0.25) is 5.91 Å². The molecular formula is C16H25N3O. The summed E-state index contributed by atoms with van der Waals surface area (Å²) >= 11 is 0. The van der Waals surface area contributed by atoms with Crippen molar-refractivity contribution in [3.05, 3.63) is 35.9 Å². The molecule has 1 amide bonds. The van der Waals surface area contributed by atoms with Crippen molar-refractivity contribution in [1.29, 1.82) is 0 Å². The fraction of sp³-hybridized carbons (Fsp3) is 0.562. The van der Waals surface area contributed by atoms with Crippen LogP contribution in [-0.4, -0.2) is 43.0 Å². The van der Waals surface area contributed by atoms with Gasteiger partial charge in [-0.15, -0.1) is 0 Å². The van der Waals surface area contributed by atoms with Crippen LogP contribution in [0.4, 0.5) is 0 Å². The maximum atomic E-state index is 11.8. The molecule has 4 heteroatoms. The summed E-state index contributed by atoms with van der Waals surface area (Å²) in [7, 11) is 0. The second kappa shape index (κ2) is 8.02. The summed E-state index contributed by atoms with van der Waals surface area (Å²) in [5.41, 5.74) is 7.18. The molecule has 1 aromatic carbocycles. The first-order valence-corrected chi connectivity index (χ1v) is 7.52. The minimum absolute atomic E-state index is 0.133. The summed E-state index contributed by atoms with van der Waals surface area (Å²) in [4.78, 5) is 14.0. The van der Waals surface area contributed by atoms with Crippen LogP contribution in [0.1, 0.15) is 24.8 Å². The number of amides is 1. The molecule has 0 spiro atoms. The number of hydrogen-bond donors (Lipinski definition) is 2. The van der Waals surface area contributed by atoms with Gasteiger partial charge in [0.05, 0.1) is 6.54 Å². The number of piperidine rings is 1. The SMILES string of the molecule is NC1CCN(CC(=O)NCCCc2ccccc2)CC1. The fourth-order valence-corrected chi connectivity index (χ4v) is 2.54. The van der Waals surface area contributed by atoms with Crippen LogP contribution in [-0.2, 0) is 11.2 Å². The Morgan fingerprint density at radius 1 is 1.25 bits per heavy atom. The quantitative estimate of drug-likeness (QED) is 0.766. The highest BCUT2D eigenvalue weighted by molar-refractivity contribution is 5.77. The average Bonchev–Trinajstić information content (AvgIpc) is 2.47. The first-order valence-electron chi connectivity index (χ1n) is 7.52. The van der Waals surface area contributed by atoms with E-state index in [0.717, 1.165) is 45.3 Å². The molecule has 0 atom stereocenters. The van der Waals surface area contributed by atoms with Gasteiger partial charge in [0.15, 0.2) is 0 Å². The fourth-order valence-electron chi connectivity index (χ4n) is 2.54. The molecule has 1 aromatic rings. The van der Waals surface area contributed by atoms with Gasteiger partial charge in [-0.3, -0.25) is 9.69 Å². The van der Waals surface area contributed by atoms with Crippen molar-refractivity contribution in [1.82, 2.24) is 10.2 Å². The molecule has 0 aliphatic carbocycles. The second-order valence-corrected chi connectivity index (χ2v) is 5.55. The first-order chi connectivity index (χ1) is 9.74. The molecule has 1 saturated heterocycles. The molecule has 0 bridgehead atoms. The van der Waals surface area contributed by atoms with Gasteiger partial charge < -0.3 is 11.1 Å². The first kappa shape index (κ1) is 15.0. The highest BCUT2D eigenvalue weighted by Crippen LogP contribution is 2.07. The van der Waals surface area contributed by atoms with Gasteiger partial charge in [-0.1, -0.05) is 30.3 Å². The summed E-state index contributed by atoms with van der Waals surface area (Å²) in [6.07, 6.45) is 4.00. The Morgan fingerprint density at radius 2 is 1.95 bits per heavy atom. The minimum Gasteiger partial charge on any atom is -0.355 e. The Bertz CT molecular complexity index is 399. The molecule has 1 aliphatic heterocycles. The number of hydrogen-bond acceptors (Lipinski definition) is 3. The van der Waals surface area contributed by atoms with Gasteiger partial charge >= 0.3 is 0 Å². The van der Waals surface area contributed by atoms with Crippen molar-refractivity contribution in [3.8, 4) is 0 Å². The number of likely N-dealkylation sites (tertiary alicyclic amines) is 1. The molecule has 20 heavy (non-hydrogen) atoms. The third-order valence-electron chi connectivity index (χ3n) is 3.81. The largest absolute Gasteiger partial charge is 0.355 e. The Hall–Kier alpha value is -1.39. The summed E-state index contributed by atoms with van der Waals surface area (Å²) in [6, 6.07) is 10.7. The Balaban J connectivity index is 1.56. The third kappa shape index (κ3) is 5.31. The van der Waals surface area contributed by atoms with Crippen LogP contribution in [0.3, 0.4) is 0 Å². The van der Waals surface area contributed by atoms with Crippen molar-refractivity contribution in [2.24, 2.45) is 5.73 Å². The van der Waals surface area contributed by atoms with Crippen molar-refractivity contribution in [2.45, 2.75) is 31.7 Å². The zero-order chi connectivity index (χ0) is 14.2. The van der Waals surface area contributed by atoms with Crippen LogP contribution in [0.2, 0.25) is 0 Å². The van der Waals surface area contributed by atoms with Crippen LogP contribution < -0.4 is 11.1 Å². The molecule has 0 saturated carbocycles. The number of nitrogens with one attached hydrogen (secondary N) is 1. The van der Waals surface area contributed by atoms with Crippen molar-refractivity contribution in [2.75, 3.05) is 26.2 Å². The van der Waals surface area contributed by atoms with Crippen molar-refractivity contribution in [3.63, 3.8) is 0 Å². The number of benzene rings is 1. The molecule has 1 fully saturated rings. The molecule has 1 aliphatic rings. The van der Waals surface area contributed by atoms with Gasteiger partial charge in [0, 0.05) is 25.7 Å². The van der Waals surface area contributed by atoms with Crippen LogP contribution in [0.15, 0.2) is 30.3 Å². The number of nitrogens with zero attached hydrogens (tertiary/aromatic N) is 1. The summed E-state index contributed by atoms with van der Waals surface area (Å²) in [5.74, 6) is 0.133. The van der Waals surface area contributed by atoms with E-state index in [-0.39, 0.29) is 5.91 Å². The van der Waals surface area contributed by atoms with Gasteiger partial charge in [0.25, 0.3) is 0 Å². The van der Waals surface area contributed by atoms with E-state index in [1.165, 1.54) is 5.56 Å². The highest BCUT2D eigenvalue weighted by Gasteiger charge is 2.17. The number of rotatable bonds is 6. The van der Waals surface area contributed by atoms with E-state index in [0.29, 0.717) is 12.6 Å². The molecule has 1 heterocycles. The smallest absolute Gasteiger partial charge is 0.234 e. The van der Waals surface area contributed by atoms with Crippen molar-refractivity contribution >= 4 is 5.91 Å². The maximum Gasteiger partial charge on any atom is 0.234 e. The highest BCUT2D eigenvalue weighted by atomic mass is 16.2. The zero-order valence-corrected chi connectivity index (χ0v) is 12.1. The number of carbonyl (C=O) groups excluding carboxylic acids is 1. The van der Waals surface area contributed by atoms with E-state index in [4.69, 9.17) is 5.73 Å². The Kier molecular flexibility index (Phi) is 6.02. The van der Waals surface area contributed by atoms with Crippen LogP contribution in [0.5, 0.6) is 0 Å². The lowest BCUT2D eigenvalue weighted by Gasteiger charge is -2.29. The Labute approximate surface area is 121 Å². The molecule has 0 aromatic heterocycles. The predicted octanol–water partition coefficient (Wildman–Crippen LogP) is 1.16. The molecule has 0 radical (unpaired) electrons. The van der Waals surface area contributed by atoms with Gasteiger partial charge in [0.1, 0.15) is 0 Å². The molecule has 3 N–H and O–H groups in total. The van der Waals surface area contributed by atoms with E-state index in [9.17, 15) is 4.79 Å². The summed E-state index contributed by atoms with van der Waals surface area (Å²) < 4.78 is 0. The topological polar surface area (TPSA) is 58.4 Å². The van der Waals surface area contributed by atoms with Gasteiger partial charge in [-0.05, 0) is 31.2 Å². The van der Waals surface area contributed by atoms with Gasteiger partial charge in [-0.25, -0.2) is 0 Å². The second-order valence-electron chi connectivity index (χ2n) is 5.55. The molecule has 2 rings (SSSR count). The van der Waals surface area contributed by atoms with Crippen LogP contribution in [0, 0.1) is 0 Å². The lowest BCUT2D eigenvalue weighted by Crippen LogP contribution is -2.44. The Morgan fingerprint density at radius 3 is 2.65 bits per heavy atom. The van der Waals surface area contributed by atoms with Gasteiger partial charge in [-0.2, -0.15) is 0 Å². The third-order valence-corrected chi connectivity index (χ3v) is 3.81. The molecular weight excluding hydrogens is 250 g/mol. The lowest BCUT2D eigenvalue weighted by atomic mass is 10.1. The van der Waals surface area contributed by atoms with E-state index < -0.39 is 0 Å². The maximum absolute atomic E-state index is 11.8. The summed E-state index contributed by atoms with van der Waals surface area (Å²) in [5, 5.41) is 3.00. The monoisotopic (exact) mass is 275 g/mol. The normalized spacial score (nSPS) is 17.1.